The van der Waals surface area contributed by atoms with Crippen molar-refractivity contribution in [3.05, 3.63) is 41.2 Å². The van der Waals surface area contributed by atoms with E-state index < -0.39 is 0 Å². The van der Waals surface area contributed by atoms with Crippen molar-refractivity contribution in [3.63, 3.8) is 0 Å². The summed E-state index contributed by atoms with van der Waals surface area (Å²) >= 11 is 1.49. The summed E-state index contributed by atoms with van der Waals surface area (Å²) in [7, 11) is 0. The van der Waals surface area contributed by atoms with Gasteiger partial charge in [-0.3, -0.25) is 0 Å². The van der Waals surface area contributed by atoms with Gasteiger partial charge < -0.3 is 10.6 Å². The van der Waals surface area contributed by atoms with Crippen molar-refractivity contribution in [2.75, 3.05) is 6.54 Å². The largest absolute Gasteiger partial charge is 0.338 e. The van der Waals surface area contributed by atoms with Crippen LogP contribution in [0.4, 0.5) is 9.18 Å². The van der Waals surface area contributed by atoms with E-state index in [1.54, 1.807) is 6.07 Å². The van der Waals surface area contributed by atoms with Crippen LogP contribution in [0.2, 0.25) is 0 Å². The van der Waals surface area contributed by atoms with Gasteiger partial charge in [0.05, 0.1) is 5.69 Å². The summed E-state index contributed by atoms with van der Waals surface area (Å²) in [6.07, 6.45) is 6.51. The topological polar surface area (TPSA) is 54.0 Å². The fourth-order valence-corrected chi connectivity index (χ4v) is 3.81. The molecule has 1 aromatic carbocycles. The van der Waals surface area contributed by atoms with Crippen LogP contribution in [-0.2, 0) is 6.42 Å². The lowest BCUT2D eigenvalue weighted by atomic mass is 9.96. The van der Waals surface area contributed by atoms with Gasteiger partial charge in [0, 0.05) is 30.0 Å². The number of nitrogens with zero attached hydrogens (tertiary/aromatic N) is 1. The first kappa shape index (κ1) is 16.9. The van der Waals surface area contributed by atoms with Crippen molar-refractivity contribution < 1.29 is 9.18 Å². The minimum absolute atomic E-state index is 0.0949. The predicted octanol–water partition coefficient (Wildman–Crippen LogP) is 4.12. The number of nitrogens with one attached hydrogen (secondary N) is 2. The van der Waals surface area contributed by atoms with Crippen molar-refractivity contribution in [2.24, 2.45) is 0 Å². The number of thiazole rings is 1. The first-order valence-corrected chi connectivity index (χ1v) is 9.33. The van der Waals surface area contributed by atoms with Gasteiger partial charge in [0.1, 0.15) is 10.8 Å². The average molecular weight is 347 g/mol. The van der Waals surface area contributed by atoms with E-state index in [4.69, 9.17) is 0 Å². The molecule has 0 spiro atoms. The molecule has 0 radical (unpaired) electrons. The molecule has 24 heavy (non-hydrogen) atoms. The zero-order chi connectivity index (χ0) is 16.8. The van der Waals surface area contributed by atoms with Gasteiger partial charge in [-0.05, 0) is 25.0 Å². The number of amides is 2. The van der Waals surface area contributed by atoms with Crippen LogP contribution in [0.5, 0.6) is 0 Å². The molecule has 2 aromatic rings. The SMILES string of the molecule is O=C(NCCc1csc(-c2cccc(F)c2)n1)NC1CCCCC1. The Morgan fingerprint density at radius 1 is 1.29 bits per heavy atom. The summed E-state index contributed by atoms with van der Waals surface area (Å²) in [5.74, 6) is -0.259. The van der Waals surface area contributed by atoms with Crippen LogP contribution < -0.4 is 10.6 Å². The van der Waals surface area contributed by atoms with E-state index in [0.717, 1.165) is 29.1 Å². The van der Waals surface area contributed by atoms with Crippen LogP contribution in [0, 0.1) is 5.82 Å². The Bertz CT molecular complexity index is 682. The minimum Gasteiger partial charge on any atom is -0.338 e. The van der Waals surface area contributed by atoms with Crippen LogP contribution in [0.15, 0.2) is 29.6 Å². The standard InChI is InChI=1S/C18H22FN3OS/c19-14-6-4-5-13(11-14)17-21-16(12-24-17)9-10-20-18(23)22-15-7-2-1-3-8-15/h4-6,11-12,15H,1-3,7-10H2,(H2,20,22,23). The highest BCUT2D eigenvalue weighted by Crippen LogP contribution is 2.24. The number of aromatic nitrogens is 1. The van der Waals surface area contributed by atoms with Gasteiger partial charge in [-0.1, -0.05) is 31.4 Å². The third-order valence-corrected chi connectivity index (χ3v) is 5.17. The van der Waals surface area contributed by atoms with Gasteiger partial charge in [-0.25, -0.2) is 14.2 Å². The number of benzene rings is 1. The highest BCUT2D eigenvalue weighted by atomic mass is 32.1. The van der Waals surface area contributed by atoms with Gasteiger partial charge in [0.25, 0.3) is 0 Å². The molecule has 0 aliphatic heterocycles. The Morgan fingerprint density at radius 2 is 2.12 bits per heavy atom. The molecule has 0 bridgehead atoms. The lowest BCUT2D eigenvalue weighted by Crippen LogP contribution is -2.43. The third kappa shape index (κ3) is 4.77. The number of carbonyl (C=O) groups excluding carboxylic acids is 1. The zero-order valence-electron chi connectivity index (χ0n) is 13.6. The van der Waals surface area contributed by atoms with Gasteiger partial charge in [0.15, 0.2) is 0 Å². The molecule has 1 aliphatic rings. The summed E-state index contributed by atoms with van der Waals surface area (Å²) in [5.41, 5.74) is 1.70. The van der Waals surface area contributed by atoms with Crippen molar-refractivity contribution in [1.82, 2.24) is 15.6 Å². The normalized spacial score (nSPS) is 15.2. The molecule has 3 rings (SSSR count). The maximum absolute atomic E-state index is 13.3. The molecule has 1 aromatic heterocycles. The minimum atomic E-state index is -0.259. The smallest absolute Gasteiger partial charge is 0.315 e. The van der Waals surface area contributed by atoms with Gasteiger partial charge in [-0.2, -0.15) is 0 Å². The number of halogens is 1. The predicted molar refractivity (Wildman–Crippen MR) is 94.6 cm³/mol. The monoisotopic (exact) mass is 347 g/mol. The fraction of sp³-hybridized carbons (Fsp3) is 0.444. The first-order chi connectivity index (χ1) is 11.7. The Labute approximate surface area is 145 Å². The number of rotatable bonds is 5. The Balaban J connectivity index is 1.44. The second-order valence-electron chi connectivity index (χ2n) is 6.14. The first-order valence-electron chi connectivity index (χ1n) is 8.45. The quantitative estimate of drug-likeness (QED) is 0.855. The van der Waals surface area contributed by atoms with Gasteiger partial charge in [-0.15, -0.1) is 11.3 Å². The fourth-order valence-electron chi connectivity index (χ4n) is 2.96. The summed E-state index contributed by atoms with van der Waals surface area (Å²) in [6, 6.07) is 6.66. The molecule has 1 fully saturated rings. The van der Waals surface area contributed by atoms with Crippen molar-refractivity contribution in [1.29, 1.82) is 0 Å². The molecule has 1 saturated carbocycles. The van der Waals surface area contributed by atoms with E-state index in [2.05, 4.69) is 15.6 Å². The van der Waals surface area contributed by atoms with Crippen molar-refractivity contribution in [2.45, 2.75) is 44.6 Å². The third-order valence-electron chi connectivity index (χ3n) is 4.23. The second kappa shape index (κ2) is 8.24. The molecular formula is C18H22FN3OS. The lowest BCUT2D eigenvalue weighted by Gasteiger charge is -2.22. The van der Waals surface area contributed by atoms with Crippen LogP contribution in [0.1, 0.15) is 37.8 Å². The molecule has 0 saturated heterocycles. The molecule has 6 heteroatoms. The highest BCUT2D eigenvalue weighted by Gasteiger charge is 2.15. The maximum atomic E-state index is 13.3. The zero-order valence-corrected chi connectivity index (χ0v) is 14.4. The molecule has 2 N–H and O–H groups in total. The Kier molecular flexibility index (Phi) is 5.80. The van der Waals surface area contributed by atoms with E-state index in [1.807, 2.05) is 11.4 Å². The summed E-state index contributed by atoms with van der Waals surface area (Å²) in [4.78, 5) is 16.4. The molecular weight excluding hydrogens is 325 g/mol. The van der Waals surface area contributed by atoms with E-state index in [9.17, 15) is 9.18 Å². The number of urea groups is 1. The van der Waals surface area contributed by atoms with Gasteiger partial charge >= 0.3 is 6.03 Å². The molecule has 4 nitrogen and oxygen atoms in total. The van der Waals surface area contributed by atoms with Crippen molar-refractivity contribution in [3.8, 4) is 10.6 Å². The maximum Gasteiger partial charge on any atom is 0.315 e. The van der Waals surface area contributed by atoms with E-state index >= 15 is 0 Å². The second-order valence-corrected chi connectivity index (χ2v) is 7.00. The molecule has 0 unspecified atom stereocenters. The molecule has 1 heterocycles. The Hall–Kier alpha value is -1.95. The Morgan fingerprint density at radius 3 is 2.92 bits per heavy atom. The molecule has 2 amide bonds. The summed E-state index contributed by atoms with van der Waals surface area (Å²) < 4.78 is 13.3. The van der Waals surface area contributed by atoms with Crippen LogP contribution in [-0.4, -0.2) is 23.6 Å². The number of carbonyl (C=O) groups is 1. The van der Waals surface area contributed by atoms with Crippen LogP contribution in [0.3, 0.4) is 0 Å². The number of hydrogen-bond acceptors (Lipinski definition) is 3. The van der Waals surface area contributed by atoms with E-state index in [1.165, 1.54) is 42.7 Å². The van der Waals surface area contributed by atoms with Crippen LogP contribution in [0.25, 0.3) is 10.6 Å². The molecule has 128 valence electrons. The summed E-state index contributed by atoms with van der Waals surface area (Å²) in [6.45, 7) is 0.547. The summed E-state index contributed by atoms with van der Waals surface area (Å²) in [5, 5.41) is 8.69. The van der Waals surface area contributed by atoms with E-state index in [-0.39, 0.29) is 11.8 Å². The molecule has 0 atom stereocenters. The van der Waals surface area contributed by atoms with Crippen LogP contribution >= 0.6 is 11.3 Å². The van der Waals surface area contributed by atoms with E-state index in [0.29, 0.717) is 19.0 Å². The number of hydrogen-bond donors (Lipinski definition) is 2. The highest BCUT2D eigenvalue weighted by molar-refractivity contribution is 7.13. The lowest BCUT2D eigenvalue weighted by molar-refractivity contribution is 0.233. The molecule has 1 aliphatic carbocycles. The average Bonchev–Trinajstić information content (AvgIpc) is 3.05. The van der Waals surface area contributed by atoms with Gasteiger partial charge in [0.2, 0.25) is 0 Å². The van der Waals surface area contributed by atoms with Crippen molar-refractivity contribution >= 4 is 17.4 Å².